The van der Waals surface area contributed by atoms with Gasteiger partial charge in [0, 0.05) is 16.1 Å². The molecule has 0 fully saturated rings. The summed E-state index contributed by atoms with van der Waals surface area (Å²) >= 11 is 7.41. The van der Waals surface area contributed by atoms with Crippen LogP contribution in [0, 0.1) is 5.82 Å². The molecule has 0 bridgehead atoms. The van der Waals surface area contributed by atoms with Crippen molar-refractivity contribution in [3.8, 4) is 11.4 Å². The minimum atomic E-state index is -0.344. The Morgan fingerprint density at radius 1 is 1.12 bits per heavy atom. The number of nitrogens with one attached hydrogen (secondary N) is 1. The Bertz CT molecular complexity index is 1330. The van der Waals surface area contributed by atoms with E-state index < -0.39 is 0 Å². The lowest BCUT2D eigenvalue weighted by molar-refractivity contribution is 0.396. The number of allylic oxidation sites excluding steroid dienone is 1. The van der Waals surface area contributed by atoms with E-state index in [4.69, 9.17) is 21.7 Å². The van der Waals surface area contributed by atoms with Crippen molar-refractivity contribution >= 4 is 34.2 Å². The zero-order valence-electron chi connectivity index (χ0n) is 18.8. The standard InChI is InChI=1S/C26H23FN4OS2/c1-3-17-6-8-19(9-7-17)24-29-25(32-30-24)22-16(2)31(15-21-5-4-14-34-21)26(33)28-23(22)18-10-12-20(27)13-11-18/h4-14,23H,3,15H2,1-2H3,(H,28,33). The van der Waals surface area contributed by atoms with Crippen molar-refractivity contribution in [3.63, 3.8) is 0 Å². The normalized spacial score (nSPS) is 16.1. The highest BCUT2D eigenvalue weighted by Gasteiger charge is 2.34. The molecule has 0 saturated heterocycles. The molecule has 2 aromatic carbocycles. The summed E-state index contributed by atoms with van der Waals surface area (Å²) in [5.74, 6) is 0.639. The largest absolute Gasteiger partial charge is 0.351 e. The highest BCUT2D eigenvalue weighted by atomic mass is 32.1. The molecule has 4 aromatic rings. The van der Waals surface area contributed by atoms with E-state index in [9.17, 15) is 4.39 Å². The minimum absolute atomic E-state index is 0.292. The predicted octanol–water partition coefficient (Wildman–Crippen LogP) is 6.36. The van der Waals surface area contributed by atoms with Crippen LogP contribution in [0.15, 0.2) is 76.3 Å². The lowest BCUT2D eigenvalue weighted by Crippen LogP contribution is -2.45. The predicted molar refractivity (Wildman–Crippen MR) is 136 cm³/mol. The Labute approximate surface area is 206 Å². The second-order valence-corrected chi connectivity index (χ2v) is 9.49. The number of thiocarbonyl (C=S) groups is 1. The average Bonchev–Trinajstić information content (AvgIpc) is 3.54. The molecule has 0 radical (unpaired) electrons. The molecule has 3 heterocycles. The van der Waals surface area contributed by atoms with Crippen LogP contribution in [0.1, 0.15) is 41.8 Å². The van der Waals surface area contributed by atoms with Crippen molar-refractivity contribution in [1.29, 1.82) is 0 Å². The zero-order valence-corrected chi connectivity index (χ0v) is 20.4. The van der Waals surface area contributed by atoms with E-state index >= 15 is 0 Å². The molecule has 2 aromatic heterocycles. The van der Waals surface area contributed by atoms with Crippen LogP contribution in [0.5, 0.6) is 0 Å². The SMILES string of the molecule is CCc1ccc(-c2noc(C3=C(C)N(Cc4cccs4)C(=S)NC3c3ccc(F)cc3)n2)cc1. The van der Waals surface area contributed by atoms with Crippen LogP contribution >= 0.6 is 23.6 Å². The molecule has 1 unspecified atom stereocenters. The van der Waals surface area contributed by atoms with E-state index in [1.165, 1.54) is 22.6 Å². The summed E-state index contributed by atoms with van der Waals surface area (Å²) in [5, 5.41) is 10.3. The zero-order chi connectivity index (χ0) is 23.7. The molecule has 5 rings (SSSR count). The van der Waals surface area contributed by atoms with Crippen LogP contribution in [-0.4, -0.2) is 20.2 Å². The maximum Gasteiger partial charge on any atom is 0.258 e. The number of hydrogen-bond acceptors (Lipinski definition) is 5. The average molecular weight is 491 g/mol. The van der Waals surface area contributed by atoms with E-state index in [1.54, 1.807) is 23.5 Å². The van der Waals surface area contributed by atoms with E-state index in [2.05, 4.69) is 35.6 Å². The summed E-state index contributed by atoms with van der Waals surface area (Å²) in [4.78, 5) is 7.97. The topological polar surface area (TPSA) is 54.2 Å². The third kappa shape index (κ3) is 4.38. The number of nitrogens with zero attached hydrogens (tertiary/aromatic N) is 3. The van der Waals surface area contributed by atoms with Gasteiger partial charge in [0.15, 0.2) is 5.11 Å². The fraction of sp³-hybridized carbons (Fsp3) is 0.192. The molecule has 34 heavy (non-hydrogen) atoms. The van der Waals surface area contributed by atoms with Gasteiger partial charge in [-0.05, 0) is 60.3 Å². The minimum Gasteiger partial charge on any atom is -0.351 e. The molecule has 0 amide bonds. The number of halogens is 1. The monoisotopic (exact) mass is 490 g/mol. The first-order valence-electron chi connectivity index (χ1n) is 11.0. The number of aromatic nitrogens is 2. The smallest absolute Gasteiger partial charge is 0.258 e. The summed E-state index contributed by atoms with van der Waals surface area (Å²) in [7, 11) is 0. The molecule has 0 aliphatic carbocycles. The van der Waals surface area contributed by atoms with E-state index in [1.807, 2.05) is 35.4 Å². The molecule has 1 N–H and O–H groups in total. The number of aryl methyl sites for hydroxylation is 1. The van der Waals surface area contributed by atoms with Gasteiger partial charge in [0.25, 0.3) is 5.89 Å². The third-order valence-electron chi connectivity index (χ3n) is 5.97. The lowest BCUT2D eigenvalue weighted by atomic mass is 9.94. The highest BCUT2D eigenvalue weighted by Crippen LogP contribution is 2.38. The van der Waals surface area contributed by atoms with Crippen molar-refractivity contribution in [3.05, 3.63) is 99.5 Å². The Morgan fingerprint density at radius 2 is 1.88 bits per heavy atom. The van der Waals surface area contributed by atoms with Crippen molar-refractivity contribution < 1.29 is 8.91 Å². The van der Waals surface area contributed by atoms with Crippen molar-refractivity contribution in [1.82, 2.24) is 20.4 Å². The van der Waals surface area contributed by atoms with Gasteiger partial charge in [0.05, 0.1) is 18.2 Å². The molecule has 1 atom stereocenters. The second-order valence-electron chi connectivity index (χ2n) is 8.07. The summed E-state index contributed by atoms with van der Waals surface area (Å²) in [6, 6.07) is 18.3. The highest BCUT2D eigenvalue weighted by molar-refractivity contribution is 7.80. The molecule has 8 heteroatoms. The first-order chi connectivity index (χ1) is 16.5. The van der Waals surface area contributed by atoms with E-state index in [0.717, 1.165) is 28.8 Å². The fourth-order valence-electron chi connectivity index (χ4n) is 4.05. The van der Waals surface area contributed by atoms with Gasteiger partial charge in [0.1, 0.15) is 5.82 Å². The Kier molecular flexibility index (Phi) is 6.26. The molecular formula is C26H23FN4OS2. The lowest BCUT2D eigenvalue weighted by Gasteiger charge is -2.37. The van der Waals surface area contributed by atoms with Gasteiger partial charge in [-0.3, -0.25) is 0 Å². The maximum atomic E-state index is 13.6. The molecule has 0 spiro atoms. The molecule has 1 aliphatic rings. The number of thiophene rings is 1. The van der Waals surface area contributed by atoms with E-state index in [-0.39, 0.29) is 11.9 Å². The molecular weight excluding hydrogens is 467 g/mol. The van der Waals surface area contributed by atoms with Gasteiger partial charge < -0.3 is 14.7 Å². The molecule has 5 nitrogen and oxygen atoms in total. The fourth-order valence-corrected chi connectivity index (χ4v) is 5.06. The number of benzene rings is 2. The van der Waals surface area contributed by atoms with Crippen molar-refractivity contribution in [2.75, 3.05) is 0 Å². The van der Waals surface area contributed by atoms with Gasteiger partial charge in [-0.25, -0.2) is 4.39 Å². The van der Waals surface area contributed by atoms with E-state index in [0.29, 0.717) is 23.4 Å². The van der Waals surface area contributed by atoms with Crippen molar-refractivity contribution in [2.24, 2.45) is 0 Å². The van der Waals surface area contributed by atoms with Crippen LogP contribution in [0.3, 0.4) is 0 Å². The van der Waals surface area contributed by atoms with Crippen LogP contribution in [0.25, 0.3) is 17.0 Å². The first kappa shape index (κ1) is 22.4. The van der Waals surface area contributed by atoms with Crippen LogP contribution in [0.2, 0.25) is 0 Å². The first-order valence-corrected chi connectivity index (χ1v) is 12.3. The van der Waals surface area contributed by atoms with Gasteiger partial charge in [-0.15, -0.1) is 11.3 Å². The summed E-state index contributed by atoms with van der Waals surface area (Å²) < 4.78 is 19.4. The number of rotatable bonds is 6. The van der Waals surface area contributed by atoms with Crippen molar-refractivity contribution in [2.45, 2.75) is 32.9 Å². The van der Waals surface area contributed by atoms with Gasteiger partial charge >= 0.3 is 0 Å². The third-order valence-corrected chi connectivity index (χ3v) is 7.17. The van der Waals surface area contributed by atoms with Crippen LogP contribution < -0.4 is 5.32 Å². The Hall–Kier alpha value is -3.36. The Balaban J connectivity index is 1.58. The number of hydrogen-bond donors (Lipinski definition) is 1. The summed E-state index contributed by atoms with van der Waals surface area (Å²) in [5.41, 5.74) is 4.74. The van der Waals surface area contributed by atoms with Crippen LogP contribution in [-0.2, 0) is 13.0 Å². The van der Waals surface area contributed by atoms with Crippen LogP contribution in [0.4, 0.5) is 4.39 Å². The van der Waals surface area contributed by atoms with Gasteiger partial charge in [-0.1, -0.05) is 54.5 Å². The van der Waals surface area contributed by atoms with Gasteiger partial charge in [-0.2, -0.15) is 4.98 Å². The maximum absolute atomic E-state index is 13.6. The second kappa shape index (κ2) is 9.48. The summed E-state index contributed by atoms with van der Waals surface area (Å²) in [6.45, 7) is 4.76. The summed E-state index contributed by atoms with van der Waals surface area (Å²) in [6.07, 6.45) is 0.967. The molecule has 1 aliphatic heterocycles. The molecule has 172 valence electrons. The van der Waals surface area contributed by atoms with Gasteiger partial charge in [0.2, 0.25) is 5.82 Å². The quantitative estimate of drug-likeness (QED) is 0.317. The Morgan fingerprint density at radius 3 is 2.56 bits per heavy atom. The molecule has 0 saturated carbocycles.